The van der Waals surface area contributed by atoms with Crippen LogP contribution in [0.15, 0.2) is 79.1 Å². The number of carbonyl (C=O) groups excluding carboxylic acids is 2. The smallest absolute Gasteiger partial charge is 0.237 e. The van der Waals surface area contributed by atoms with Gasteiger partial charge in [0.2, 0.25) is 5.91 Å². The number of hydrogen-bond donors (Lipinski definition) is 2. The molecule has 2 aliphatic rings. The number of hydrogen-bond acceptors (Lipinski definition) is 7. The van der Waals surface area contributed by atoms with E-state index in [0.717, 1.165) is 64.5 Å². The van der Waals surface area contributed by atoms with E-state index >= 15 is 0 Å². The van der Waals surface area contributed by atoms with Gasteiger partial charge in [0, 0.05) is 36.8 Å². The monoisotopic (exact) mass is 655 g/mol. The van der Waals surface area contributed by atoms with Crippen molar-refractivity contribution < 1.29 is 22.8 Å². The van der Waals surface area contributed by atoms with Crippen LogP contribution in [-0.4, -0.2) is 82.4 Å². The molecule has 0 saturated carbocycles. The van der Waals surface area contributed by atoms with E-state index in [9.17, 15) is 18.0 Å². The number of nitrogens with zero attached hydrogens (tertiary/aromatic N) is 5. The second kappa shape index (κ2) is 16.0. The predicted molar refractivity (Wildman–Crippen MR) is 180 cm³/mol. The Kier molecular flexibility index (Phi) is 11.3. The molecule has 0 radical (unpaired) electrons. The molecule has 1 amide bonds. The third-order valence-corrected chi connectivity index (χ3v) is 8.29. The zero-order chi connectivity index (χ0) is 34.0. The Labute approximate surface area is 276 Å². The van der Waals surface area contributed by atoms with Crippen molar-refractivity contribution in [1.29, 1.82) is 0 Å². The summed E-state index contributed by atoms with van der Waals surface area (Å²) in [5.74, 6) is -0.932. The summed E-state index contributed by atoms with van der Waals surface area (Å²) >= 11 is 0. The van der Waals surface area contributed by atoms with E-state index in [1.54, 1.807) is 18.2 Å². The minimum absolute atomic E-state index is 0.154. The van der Waals surface area contributed by atoms with Gasteiger partial charge in [-0.3, -0.25) is 14.8 Å². The number of aromatic amines is 1. The molecule has 1 saturated heterocycles. The molecular formula is C36H36F3N7O2. The van der Waals surface area contributed by atoms with Gasteiger partial charge in [0.25, 0.3) is 0 Å². The minimum atomic E-state index is -0.558. The lowest BCUT2D eigenvalue weighted by atomic mass is 9.98. The predicted octanol–water partition coefficient (Wildman–Crippen LogP) is 6.36. The van der Waals surface area contributed by atoms with Gasteiger partial charge in [-0.15, -0.1) is 0 Å². The Hall–Kier alpha value is -5.36. The topological polar surface area (TPSA) is 107 Å². The number of anilines is 1. The number of H-pyrrole nitrogens is 1. The van der Waals surface area contributed by atoms with E-state index in [-0.39, 0.29) is 23.1 Å². The molecule has 5 aromatic rings. The Morgan fingerprint density at radius 1 is 0.896 bits per heavy atom. The molecule has 48 heavy (non-hydrogen) atoms. The largest absolute Gasteiger partial charge is 0.388 e. The number of aromatic nitrogens is 4. The molecule has 1 fully saturated rings. The van der Waals surface area contributed by atoms with E-state index in [1.807, 2.05) is 49.1 Å². The first-order chi connectivity index (χ1) is 23.4. The molecular weight excluding hydrogens is 619 g/mol. The molecule has 0 unspecified atom stereocenters. The third-order valence-electron chi connectivity index (χ3n) is 8.29. The highest BCUT2D eigenvalue weighted by Gasteiger charge is 2.22. The normalized spacial score (nSPS) is 14.4. The van der Waals surface area contributed by atoms with Crippen LogP contribution in [0.25, 0.3) is 39.1 Å². The molecule has 2 aromatic heterocycles. The van der Waals surface area contributed by atoms with Gasteiger partial charge in [-0.05, 0) is 98.1 Å². The van der Waals surface area contributed by atoms with Crippen LogP contribution in [0.3, 0.4) is 0 Å². The standard InChI is InChI=1S/C21H22F2N4O.C14H12FN3.CH2O/c22-17-12-24-21(25-13-17)18-4-3-16(11-19(18)23)15-5-9-27(10-6-15)20(28)14-26-7-1-2-8-26;1-16-11-6-7-13-12(8-11)14(18-17-13)9-2-4-10(15)5-3-9;1-2/h3-5,11-13H,1-2,6-10,14H2;2-8,16H,1H3,(H,17,18);1H2. The Morgan fingerprint density at radius 2 is 1.60 bits per heavy atom. The van der Waals surface area contributed by atoms with Crippen LogP contribution in [0.1, 0.15) is 24.8 Å². The average Bonchev–Trinajstić information content (AvgIpc) is 3.80. The molecule has 12 heteroatoms. The first kappa shape index (κ1) is 34.0. The quantitative estimate of drug-likeness (QED) is 0.219. The number of nitrogens with one attached hydrogen (secondary N) is 2. The Balaban J connectivity index is 0.000000194. The van der Waals surface area contributed by atoms with Gasteiger partial charge in [-0.1, -0.05) is 12.1 Å². The summed E-state index contributed by atoms with van der Waals surface area (Å²) in [5.41, 5.74) is 5.77. The van der Waals surface area contributed by atoms with Crippen LogP contribution >= 0.6 is 0 Å². The van der Waals surface area contributed by atoms with Crippen LogP contribution in [-0.2, 0) is 9.59 Å². The zero-order valence-corrected chi connectivity index (χ0v) is 26.6. The SMILES string of the molecule is C=O.CNc1ccc2[nH]nc(-c3ccc(F)cc3)c2c1.O=C(CN1CCCC1)N1CC=C(c2ccc(-c3ncc(F)cn3)c(F)c2)CC1. The summed E-state index contributed by atoms with van der Waals surface area (Å²) in [5, 5.41) is 11.4. The summed E-state index contributed by atoms with van der Waals surface area (Å²) in [6, 6.07) is 17.2. The van der Waals surface area contributed by atoms with Crippen LogP contribution in [0, 0.1) is 17.5 Å². The maximum atomic E-state index is 14.6. The molecule has 0 atom stereocenters. The van der Waals surface area contributed by atoms with Crippen molar-refractivity contribution in [2.24, 2.45) is 0 Å². The van der Waals surface area contributed by atoms with Gasteiger partial charge in [0.1, 0.15) is 18.4 Å². The van der Waals surface area contributed by atoms with Crippen molar-refractivity contribution in [3.8, 4) is 22.6 Å². The van der Waals surface area contributed by atoms with Crippen LogP contribution in [0.5, 0.6) is 0 Å². The summed E-state index contributed by atoms with van der Waals surface area (Å²) in [6.45, 7) is 5.69. The van der Waals surface area contributed by atoms with E-state index in [4.69, 9.17) is 4.79 Å². The van der Waals surface area contributed by atoms with Gasteiger partial charge in [0.05, 0.1) is 35.7 Å². The molecule has 4 heterocycles. The lowest BCUT2D eigenvalue weighted by Gasteiger charge is -2.28. The van der Waals surface area contributed by atoms with Crippen molar-refractivity contribution in [2.75, 3.05) is 45.1 Å². The van der Waals surface area contributed by atoms with E-state index < -0.39 is 11.6 Å². The highest BCUT2D eigenvalue weighted by atomic mass is 19.1. The first-order valence-electron chi connectivity index (χ1n) is 15.6. The number of amides is 1. The summed E-state index contributed by atoms with van der Waals surface area (Å²) in [7, 11) is 1.87. The molecule has 248 valence electrons. The molecule has 0 bridgehead atoms. The van der Waals surface area contributed by atoms with Crippen molar-refractivity contribution in [3.05, 3.63) is 102 Å². The highest BCUT2D eigenvalue weighted by Crippen LogP contribution is 2.29. The number of carbonyl (C=O) groups is 2. The molecule has 2 aliphatic heterocycles. The van der Waals surface area contributed by atoms with Crippen molar-refractivity contribution >= 4 is 34.9 Å². The number of likely N-dealkylation sites (tertiary alicyclic amines) is 1. The lowest BCUT2D eigenvalue weighted by Crippen LogP contribution is -2.41. The molecule has 2 N–H and O–H groups in total. The minimum Gasteiger partial charge on any atom is -0.388 e. The molecule has 7 rings (SSSR count). The second-order valence-electron chi connectivity index (χ2n) is 11.3. The highest BCUT2D eigenvalue weighted by molar-refractivity contribution is 5.94. The average molecular weight is 656 g/mol. The van der Waals surface area contributed by atoms with E-state index in [0.29, 0.717) is 26.1 Å². The number of benzene rings is 3. The van der Waals surface area contributed by atoms with Crippen molar-refractivity contribution in [1.82, 2.24) is 30.0 Å². The van der Waals surface area contributed by atoms with Gasteiger partial charge >= 0.3 is 0 Å². The van der Waals surface area contributed by atoms with E-state index in [1.165, 1.54) is 31.0 Å². The van der Waals surface area contributed by atoms with Crippen molar-refractivity contribution in [2.45, 2.75) is 19.3 Å². The fraction of sp³-hybridized carbons (Fsp3) is 0.250. The van der Waals surface area contributed by atoms with Gasteiger partial charge in [-0.2, -0.15) is 5.10 Å². The molecule has 3 aromatic carbocycles. The second-order valence-corrected chi connectivity index (χ2v) is 11.3. The fourth-order valence-corrected chi connectivity index (χ4v) is 5.73. The van der Waals surface area contributed by atoms with Gasteiger partial charge in [-0.25, -0.2) is 23.1 Å². The molecule has 9 nitrogen and oxygen atoms in total. The van der Waals surface area contributed by atoms with Gasteiger partial charge in [0.15, 0.2) is 11.6 Å². The Bertz CT molecular complexity index is 1870. The number of fused-ring (bicyclic) bond motifs is 1. The number of rotatable bonds is 6. The van der Waals surface area contributed by atoms with Crippen LogP contribution in [0.2, 0.25) is 0 Å². The first-order valence-corrected chi connectivity index (χ1v) is 15.6. The summed E-state index contributed by atoms with van der Waals surface area (Å²) in [6.07, 6.45) is 7.07. The number of halogens is 3. The maximum absolute atomic E-state index is 14.6. The van der Waals surface area contributed by atoms with Crippen molar-refractivity contribution in [3.63, 3.8) is 0 Å². The van der Waals surface area contributed by atoms with Crippen LogP contribution in [0.4, 0.5) is 18.9 Å². The maximum Gasteiger partial charge on any atom is 0.237 e. The Morgan fingerprint density at radius 3 is 2.25 bits per heavy atom. The van der Waals surface area contributed by atoms with E-state index in [2.05, 4.69) is 30.4 Å². The van der Waals surface area contributed by atoms with Gasteiger partial charge < -0.3 is 15.0 Å². The molecule has 0 aliphatic carbocycles. The third kappa shape index (κ3) is 8.13. The summed E-state index contributed by atoms with van der Waals surface area (Å²) in [4.78, 5) is 32.2. The summed E-state index contributed by atoms with van der Waals surface area (Å²) < 4.78 is 40.4. The zero-order valence-electron chi connectivity index (χ0n) is 26.6. The fourth-order valence-electron chi connectivity index (χ4n) is 5.73. The lowest BCUT2D eigenvalue weighted by molar-refractivity contribution is -0.131. The molecule has 0 spiro atoms. The van der Waals surface area contributed by atoms with Crippen LogP contribution < -0.4 is 5.32 Å².